The standard InChI is InChI=1S/C18H23NO2/c1-19-9-7-13-3-5-15(20)11-17(13)18(19)12-16(21-2)6-4-14(18)8-10-19/h3-5,11,16H,6-10,12H2,1-2H3/p+1. The third-order valence-electron chi connectivity index (χ3n) is 6.22. The molecule has 1 N–H and O–H groups in total. The summed E-state index contributed by atoms with van der Waals surface area (Å²) in [5.41, 5.74) is 4.37. The van der Waals surface area contributed by atoms with Gasteiger partial charge >= 0.3 is 0 Å². The van der Waals surface area contributed by atoms with Crippen molar-refractivity contribution in [3.8, 4) is 5.75 Å². The molecule has 112 valence electrons. The van der Waals surface area contributed by atoms with Gasteiger partial charge in [0.05, 0.1) is 26.2 Å². The van der Waals surface area contributed by atoms with Gasteiger partial charge in [0.25, 0.3) is 0 Å². The van der Waals surface area contributed by atoms with Crippen LogP contribution in [-0.4, -0.2) is 42.9 Å². The molecule has 3 nitrogen and oxygen atoms in total. The summed E-state index contributed by atoms with van der Waals surface area (Å²) in [4.78, 5) is 0. The van der Waals surface area contributed by atoms with Crippen molar-refractivity contribution >= 4 is 0 Å². The van der Waals surface area contributed by atoms with Crippen LogP contribution in [0.25, 0.3) is 0 Å². The lowest BCUT2D eigenvalue weighted by Crippen LogP contribution is -2.61. The van der Waals surface area contributed by atoms with Crippen LogP contribution in [0.5, 0.6) is 5.75 Å². The van der Waals surface area contributed by atoms with Crippen LogP contribution < -0.4 is 0 Å². The van der Waals surface area contributed by atoms with E-state index in [1.165, 1.54) is 30.6 Å². The fourth-order valence-corrected chi connectivity index (χ4v) is 5.01. The van der Waals surface area contributed by atoms with Crippen molar-refractivity contribution in [3.05, 3.63) is 41.0 Å². The predicted molar refractivity (Wildman–Crippen MR) is 82.1 cm³/mol. The Bertz CT molecular complexity index is 624. The first-order chi connectivity index (χ1) is 10.1. The number of likely N-dealkylation sites (N-methyl/N-ethyl adjacent to an activating group) is 1. The highest BCUT2D eigenvalue weighted by molar-refractivity contribution is 5.47. The molecular weight excluding hydrogens is 262 g/mol. The van der Waals surface area contributed by atoms with Crippen molar-refractivity contribution in [1.82, 2.24) is 0 Å². The number of nitrogens with zero attached hydrogens (tertiary/aromatic N) is 1. The second kappa shape index (κ2) is 4.34. The number of methoxy groups -OCH3 is 1. The van der Waals surface area contributed by atoms with E-state index >= 15 is 0 Å². The molecule has 1 saturated heterocycles. The Hall–Kier alpha value is -1.32. The predicted octanol–water partition coefficient (Wildman–Crippen LogP) is 2.73. The number of phenols is 1. The quantitative estimate of drug-likeness (QED) is 0.635. The molecule has 2 heterocycles. The number of quaternary nitrogens is 1. The number of fused-ring (bicyclic) bond motifs is 1. The second-order valence-corrected chi connectivity index (χ2v) is 7.07. The minimum absolute atomic E-state index is 0.0330. The first-order valence-electron chi connectivity index (χ1n) is 7.98. The molecule has 3 unspecified atom stereocenters. The van der Waals surface area contributed by atoms with E-state index in [1.54, 1.807) is 5.57 Å². The van der Waals surface area contributed by atoms with Crippen molar-refractivity contribution in [3.63, 3.8) is 0 Å². The smallest absolute Gasteiger partial charge is 0.149 e. The second-order valence-electron chi connectivity index (χ2n) is 7.07. The molecule has 3 aliphatic rings. The van der Waals surface area contributed by atoms with Crippen LogP contribution in [0.3, 0.4) is 0 Å². The molecule has 0 bridgehead atoms. The van der Waals surface area contributed by atoms with Gasteiger partial charge in [0.15, 0.2) is 0 Å². The summed E-state index contributed by atoms with van der Waals surface area (Å²) in [5, 5.41) is 10.0. The monoisotopic (exact) mass is 286 g/mol. The molecule has 1 fully saturated rings. The minimum atomic E-state index is 0.0330. The number of hydrogen-bond acceptors (Lipinski definition) is 2. The van der Waals surface area contributed by atoms with Gasteiger partial charge in [-0.3, -0.25) is 0 Å². The number of aromatic hydroxyl groups is 1. The van der Waals surface area contributed by atoms with E-state index in [2.05, 4.69) is 19.2 Å². The van der Waals surface area contributed by atoms with E-state index in [4.69, 9.17) is 4.74 Å². The Morgan fingerprint density at radius 2 is 2.10 bits per heavy atom. The molecule has 3 atom stereocenters. The Labute approximate surface area is 126 Å². The van der Waals surface area contributed by atoms with Gasteiger partial charge in [-0.25, -0.2) is 0 Å². The number of rotatable bonds is 1. The third-order valence-corrected chi connectivity index (χ3v) is 6.22. The Balaban J connectivity index is 1.97. The van der Waals surface area contributed by atoms with Crippen molar-refractivity contribution in [2.24, 2.45) is 0 Å². The van der Waals surface area contributed by atoms with Gasteiger partial charge in [0.1, 0.15) is 11.3 Å². The number of hydrogen-bond donors (Lipinski definition) is 1. The molecule has 0 amide bonds. The summed E-state index contributed by atoms with van der Waals surface area (Å²) in [6.07, 6.45) is 7.07. The van der Waals surface area contributed by atoms with Gasteiger partial charge in [0.2, 0.25) is 0 Å². The van der Waals surface area contributed by atoms with Gasteiger partial charge < -0.3 is 14.3 Å². The zero-order chi connectivity index (χ0) is 14.7. The van der Waals surface area contributed by atoms with Crippen molar-refractivity contribution in [2.75, 3.05) is 27.2 Å². The summed E-state index contributed by atoms with van der Waals surface area (Å²) in [5.74, 6) is 0.391. The summed E-state index contributed by atoms with van der Waals surface area (Å²) in [7, 11) is 4.22. The van der Waals surface area contributed by atoms with Crippen molar-refractivity contribution in [1.29, 1.82) is 0 Å². The van der Waals surface area contributed by atoms with E-state index in [9.17, 15) is 5.11 Å². The zero-order valence-corrected chi connectivity index (χ0v) is 12.9. The lowest BCUT2D eigenvalue weighted by molar-refractivity contribution is -0.953. The molecule has 1 aromatic rings. The maximum Gasteiger partial charge on any atom is 0.149 e. The van der Waals surface area contributed by atoms with Gasteiger partial charge in [-0.05, 0) is 29.7 Å². The first-order valence-corrected chi connectivity index (χ1v) is 7.98. The number of phenolic OH excluding ortho intramolecular Hbond substituents is 1. The molecule has 21 heavy (non-hydrogen) atoms. The average molecular weight is 286 g/mol. The molecule has 1 spiro atoms. The van der Waals surface area contributed by atoms with Gasteiger partial charge in [0, 0.05) is 31.9 Å². The maximum atomic E-state index is 10.0. The van der Waals surface area contributed by atoms with E-state index in [1.807, 2.05) is 19.2 Å². The molecule has 1 aromatic carbocycles. The van der Waals surface area contributed by atoms with Crippen LogP contribution >= 0.6 is 0 Å². The van der Waals surface area contributed by atoms with Gasteiger partial charge in [-0.15, -0.1) is 0 Å². The fraction of sp³-hybridized carbons (Fsp3) is 0.556. The minimum Gasteiger partial charge on any atom is -0.508 e. The number of benzene rings is 1. The van der Waals surface area contributed by atoms with Crippen LogP contribution in [0.15, 0.2) is 29.8 Å². The van der Waals surface area contributed by atoms with Crippen LogP contribution in [0.4, 0.5) is 0 Å². The highest BCUT2D eigenvalue weighted by atomic mass is 16.5. The van der Waals surface area contributed by atoms with Crippen LogP contribution in [0, 0.1) is 0 Å². The first kappa shape index (κ1) is 13.4. The van der Waals surface area contributed by atoms with Gasteiger partial charge in [-0.1, -0.05) is 12.1 Å². The van der Waals surface area contributed by atoms with E-state index in [0.29, 0.717) is 5.75 Å². The van der Waals surface area contributed by atoms with Crippen LogP contribution in [0.2, 0.25) is 0 Å². The maximum absolute atomic E-state index is 10.0. The van der Waals surface area contributed by atoms with Crippen LogP contribution in [-0.2, 0) is 16.7 Å². The summed E-state index contributed by atoms with van der Waals surface area (Å²) in [6, 6.07) is 5.97. The Morgan fingerprint density at radius 1 is 1.29 bits per heavy atom. The topological polar surface area (TPSA) is 29.5 Å². The molecular formula is C18H24NO2+. The molecule has 0 saturated carbocycles. The van der Waals surface area contributed by atoms with E-state index in [-0.39, 0.29) is 11.6 Å². The van der Waals surface area contributed by atoms with Crippen molar-refractivity contribution < 1.29 is 14.3 Å². The number of ether oxygens (including phenoxy) is 1. The largest absolute Gasteiger partial charge is 0.508 e. The van der Waals surface area contributed by atoms with Gasteiger partial charge in [-0.2, -0.15) is 0 Å². The third kappa shape index (κ3) is 1.62. The lowest BCUT2D eigenvalue weighted by atomic mass is 9.69. The zero-order valence-electron chi connectivity index (χ0n) is 12.9. The fourth-order valence-electron chi connectivity index (χ4n) is 5.01. The summed E-state index contributed by atoms with van der Waals surface area (Å²) >= 11 is 0. The molecule has 0 radical (unpaired) electrons. The molecule has 0 aromatic heterocycles. The van der Waals surface area contributed by atoms with Crippen LogP contribution in [0.1, 0.15) is 30.4 Å². The summed E-state index contributed by atoms with van der Waals surface area (Å²) in [6.45, 7) is 2.39. The SMILES string of the molecule is COC1CC=C2CC[N+]3(C)CCc4ccc(O)cc4C23C1. The normalized spacial score (nSPS) is 37.4. The molecule has 1 aliphatic carbocycles. The summed E-state index contributed by atoms with van der Waals surface area (Å²) < 4.78 is 6.79. The highest BCUT2D eigenvalue weighted by Crippen LogP contribution is 2.56. The highest BCUT2D eigenvalue weighted by Gasteiger charge is 2.61. The Morgan fingerprint density at radius 3 is 2.90 bits per heavy atom. The Kier molecular flexibility index (Phi) is 2.76. The molecule has 4 rings (SSSR count). The van der Waals surface area contributed by atoms with E-state index in [0.717, 1.165) is 23.7 Å². The van der Waals surface area contributed by atoms with Crippen molar-refractivity contribution in [2.45, 2.75) is 37.3 Å². The average Bonchev–Trinajstić information content (AvgIpc) is 2.81. The molecule has 3 heteroatoms. The lowest BCUT2D eigenvalue weighted by Gasteiger charge is -2.53. The molecule has 2 aliphatic heterocycles. The van der Waals surface area contributed by atoms with E-state index < -0.39 is 0 Å².